The summed E-state index contributed by atoms with van der Waals surface area (Å²) in [5.74, 6) is 0.282. The van der Waals surface area contributed by atoms with Gasteiger partial charge in [-0.3, -0.25) is 0 Å². The first-order chi connectivity index (χ1) is 30.0. The fraction of sp³-hybridized carbons (Fsp3) is 0.0847. The molecule has 1 heterocycles. The maximum atomic E-state index is 7.02. The Morgan fingerprint density at radius 3 is 2.07 bits per heavy atom. The third-order valence-corrected chi connectivity index (χ3v) is 13.3. The lowest BCUT2D eigenvalue weighted by molar-refractivity contribution is 0.660. The van der Waals surface area contributed by atoms with Crippen LogP contribution in [0.4, 0.5) is 17.1 Å². The van der Waals surface area contributed by atoms with Crippen LogP contribution in [0, 0.1) is 0 Å². The first-order valence-corrected chi connectivity index (χ1v) is 21.4. The Balaban J connectivity index is 1.09. The fourth-order valence-corrected chi connectivity index (χ4v) is 10.3. The molecule has 2 aliphatic carbocycles. The molecular formula is C59H43NO. The first kappa shape index (κ1) is 35.5. The zero-order chi connectivity index (χ0) is 40.7. The number of hydrogen-bond acceptors (Lipinski definition) is 2. The van der Waals surface area contributed by atoms with Gasteiger partial charge in [-0.15, -0.1) is 0 Å². The molecule has 9 aromatic carbocycles. The topological polar surface area (TPSA) is 16.4 Å². The van der Waals surface area contributed by atoms with Gasteiger partial charge in [0.2, 0.25) is 0 Å². The van der Waals surface area contributed by atoms with Crippen LogP contribution in [-0.4, -0.2) is 0 Å². The van der Waals surface area contributed by atoms with Gasteiger partial charge in [-0.25, -0.2) is 0 Å². The van der Waals surface area contributed by atoms with Crippen LogP contribution in [-0.2, 0) is 5.41 Å². The van der Waals surface area contributed by atoms with E-state index in [2.05, 4.69) is 225 Å². The van der Waals surface area contributed by atoms with Crippen LogP contribution in [0.2, 0.25) is 0 Å². The highest BCUT2D eigenvalue weighted by atomic mass is 16.3. The summed E-state index contributed by atoms with van der Waals surface area (Å²) in [7, 11) is 0. The van der Waals surface area contributed by atoms with E-state index in [-0.39, 0.29) is 11.3 Å². The molecule has 1 aromatic heterocycles. The summed E-state index contributed by atoms with van der Waals surface area (Å²) >= 11 is 0. The normalized spacial score (nSPS) is 15.1. The second-order valence-electron chi connectivity index (χ2n) is 17.2. The summed E-state index contributed by atoms with van der Waals surface area (Å²) in [4.78, 5) is 2.45. The number of fused-ring (bicyclic) bond motifs is 9. The highest BCUT2D eigenvalue weighted by molar-refractivity contribution is 6.21. The molecule has 0 spiro atoms. The van der Waals surface area contributed by atoms with E-state index in [1.165, 1.54) is 66.2 Å². The molecule has 0 radical (unpaired) electrons. The van der Waals surface area contributed by atoms with E-state index >= 15 is 0 Å². The van der Waals surface area contributed by atoms with Crippen LogP contribution in [0.1, 0.15) is 42.9 Å². The average molecular weight is 782 g/mol. The van der Waals surface area contributed by atoms with E-state index in [0.717, 1.165) is 50.8 Å². The third kappa shape index (κ3) is 5.70. The molecule has 1 unspecified atom stereocenters. The summed E-state index contributed by atoms with van der Waals surface area (Å²) in [6.45, 7) is 4.72. The summed E-state index contributed by atoms with van der Waals surface area (Å²) in [5, 5.41) is 7.02. The molecule has 0 fully saturated rings. The molecule has 290 valence electrons. The van der Waals surface area contributed by atoms with E-state index in [1.54, 1.807) is 0 Å². The van der Waals surface area contributed by atoms with Gasteiger partial charge in [0.1, 0.15) is 11.2 Å². The van der Waals surface area contributed by atoms with Crippen molar-refractivity contribution in [3.05, 3.63) is 223 Å². The predicted octanol–water partition coefficient (Wildman–Crippen LogP) is 16.6. The molecule has 12 rings (SSSR count). The quantitative estimate of drug-likeness (QED) is 0.167. The largest absolute Gasteiger partial charge is 0.455 e. The zero-order valence-electron chi connectivity index (χ0n) is 34.3. The monoisotopic (exact) mass is 781 g/mol. The number of benzene rings is 9. The van der Waals surface area contributed by atoms with Crippen LogP contribution < -0.4 is 4.90 Å². The molecule has 1 atom stereocenters. The second kappa shape index (κ2) is 13.8. The average Bonchev–Trinajstić information content (AvgIpc) is 3.80. The molecule has 61 heavy (non-hydrogen) atoms. The molecule has 0 bridgehead atoms. The molecule has 2 heteroatoms. The third-order valence-electron chi connectivity index (χ3n) is 13.3. The second-order valence-corrected chi connectivity index (χ2v) is 17.2. The Morgan fingerprint density at radius 1 is 0.475 bits per heavy atom. The minimum absolute atomic E-state index is 0.143. The highest BCUT2D eigenvalue weighted by Gasteiger charge is 2.36. The van der Waals surface area contributed by atoms with Crippen molar-refractivity contribution in [3.8, 4) is 33.4 Å². The van der Waals surface area contributed by atoms with Crippen LogP contribution in [0.3, 0.4) is 0 Å². The molecule has 2 aliphatic rings. The number of hydrogen-bond donors (Lipinski definition) is 0. The lowest BCUT2D eigenvalue weighted by Gasteiger charge is -2.29. The maximum Gasteiger partial charge on any atom is 0.143 e. The first-order valence-electron chi connectivity index (χ1n) is 21.4. The summed E-state index contributed by atoms with van der Waals surface area (Å²) < 4.78 is 7.02. The van der Waals surface area contributed by atoms with Crippen molar-refractivity contribution < 1.29 is 4.42 Å². The summed E-state index contributed by atoms with van der Waals surface area (Å²) in [6, 6.07) is 67.1. The van der Waals surface area contributed by atoms with Crippen LogP contribution in [0.15, 0.2) is 211 Å². The SMILES string of the molecule is CC1(C)c2ccccc2-c2ccc(N(c3cc(-c4ccccc4)cc(C4C=CC=CC4)c3)c3ccc4c(c3)oc3c5ccccc5c(-c5cccc6ccccc56)cc43)cc21. The van der Waals surface area contributed by atoms with Crippen LogP contribution >= 0.6 is 0 Å². The number of anilines is 3. The van der Waals surface area contributed by atoms with Crippen molar-refractivity contribution >= 4 is 60.5 Å². The van der Waals surface area contributed by atoms with Gasteiger partial charge in [-0.1, -0.05) is 172 Å². The van der Waals surface area contributed by atoms with Gasteiger partial charge >= 0.3 is 0 Å². The van der Waals surface area contributed by atoms with Crippen molar-refractivity contribution in [1.82, 2.24) is 0 Å². The van der Waals surface area contributed by atoms with Crippen LogP contribution in [0.5, 0.6) is 0 Å². The molecule has 0 aliphatic heterocycles. The van der Waals surface area contributed by atoms with Crippen molar-refractivity contribution in [2.24, 2.45) is 0 Å². The number of rotatable bonds is 6. The van der Waals surface area contributed by atoms with Gasteiger partial charge in [0, 0.05) is 50.6 Å². The molecule has 0 N–H and O–H groups in total. The number of allylic oxidation sites excluding steroid dienone is 4. The standard InChI is InChI=1S/C59H43NO/c1-59(2)55-27-14-13-24-49(55)50-30-28-43(35-56(50)59)60(45-33-41(38-16-5-3-6-17-38)32-42(34-45)39-18-7-4-8-19-39)44-29-31-51-54-37-53(47-26-15-21-40-20-9-10-22-46(40)47)48-23-11-12-25-52(48)58(54)61-57(51)36-44/h3-18,20-37,39H,19H2,1-2H3. The minimum atomic E-state index is -0.143. The van der Waals surface area contributed by atoms with E-state index in [1.807, 2.05) is 0 Å². The minimum Gasteiger partial charge on any atom is -0.455 e. The lowest BCUT2D eigenvalue weighted by Crippen LogP contribution is -2.16. The van der Waals surface area contributed by atoms with Crippen molar-refractivity contribution in [3.63, 3.8) is 0 Å². The molecule has 0 saturated heterocycles. The number of nitrogens with zero attached hydrogens (tertiary/aromatic N) is 1. The smallest absolute Gasteiger partial charge is 0.143 e. The molecule has 0 amide bonds. The van der Waals surface area contributed by atoms with Crippen LogP contribution in [0.25, 0.3) is 76.9 Å². The Morgan fingerprint density at radius 2 is 1.20 bits per heavy atom. The molecule has 0 saturated carbocycles. The van der Waals surface area contributed by atoms with Crippen molar-refractivity contribution in [1.29, 1.82) is 0 Å². The summed E-state index contributed by atoms with van der Waals surface area (Å²) in [6.07, 6.45) is 9.93. The van der Waals surface area contributed by atoms with Crippen molar-refractivity contribution in [2.45, 2.75) is 31.6 Å². The van der Waals surface area contributed by atoms with Gasteiger partial charge < -0.3 is 9.32 Å². The number of furan rings is 1. The molecule has 2 nitrogen and oxygen atoms in total. The Bertz CT molecular complexity index is 3430. The summed E-state index contributed by atoms with van der Waals surface area (Å²) in [5.41, 5.74) is 16.4. The van der Waals surface area contributed by atoms with Gasteiger partial charge in [0.05, 0.1) is 0 Å². The lowest BCUT2D eigenvalue weighted by atomic mass is 9.82. The zero-order valence-corrected chi connectivity index (χ0v) is 34.3. The van der Waals surface area contributed by atoms with Crippen molar-refractivity contribution in [2.75, 3.05) is 4.90 Å². The van der Waals surface area contributed by atoms with Gasteiger partial charge in [0.15, 0.2) is 0 Å². The molecular weight excluding hydrogens is 739 g/mol. The Labute approximate surface area is 356 Å². The van der Waals surface area contributed by atoms with E-state index < -0.39 is 0 Å². The highest BCUT2D eigenvalue weighted by Crippen LogP contribution is 2.51. The Hall–Kier alpha value is -7.42. The predicted molar refractivity (Wildman–Crippen MR) is 257 cm³/mol. The van der Waals surface area contributed by atoms with E-state index in [9.17, 15) is 0 Å². The fourth-order valence-electron chi connectivity index (χ4n) is 10.3. The molecule has 10 aromatic rings. The van der Waals surface area contributed by atoms with E-state index in [0.29, 0.717) is 0 Å². The maximum absolute atomic E-state index is 7.02. The Kier molecular flexibility index (Phi) is 8.05. The van der Waals surface area contributed by atoms with Gasteiger partial charge in [0.25, 0.3) is 0 Å². The van der Waals surface area contributed by atoms with Gasteiger partial charge in [-0.2, -0.15) is 0 Å². The van der Waals surface area contributed by atoms with E-state index in [4.69, 9.17) is 4.42 Å². The van der Waals surface area contributed by atoms with Gasteiger partial charge in [-0.05, 0) is 115 Å².